The van der Waals surface area contributed by atoms with Crippen LogP contribution in [0.3, 0.4) is 0 Å². The molecule has 20 heavy (non-hydrogen) atoms. The lowest BCUT2D eigenvalue weighted by Gasteiger charge is -2.34. The van der Waals surface area contributed by atoms with Gasteiger partial charge in [-0.05, 0) is 19.0 Å². The van der Waals surface area contributed by atoms with Crippen LogP contribution in [0, 0.1) is 0 Å². The summed E-state index contributed by atoms with van der Waals surface area (Å²) in [7, 11) is 0. The molecule has 0 spiro atoms. The maximum Gasteiger partial charge on any atom is 0.256 e. The molecule has 2 heterocycles. The summed E-state index contributed by atoms with van der Waals surface area (Å²) < 4.78 is 0. The van der Waals surface area contributed by atoms with E-state index in [0.717, 1.165) is 56.9 Å². The zero-order valence-electron chi connectivity index (χ0n) is 12.4. The first-order valence-corrected chi connectivity index (χ1v) is 7.45. The van der Waals surface area contributed by atoms with E-state index in [4.69, 9.17) is 0 Å². The van der Waals surface area contributed by atoms with E-state index in [1.165, 1.54) is 0 Å². The lowest BCUT2D eigenvalue weighted by molar-refractivity contribution is 0.0644. The molecule has 1 aliphatic rings. The largest absolute Gasteiger partial charge is 0.383 e. The average molecular weight is 276 g/mol. The number of carbonyl (C=O) groups excluding carboxylic acids is 1. The Morgan fingerprint density at radius 3 is 2.70 bits per heavy atom. The number of hydrogen-bond donors (Lipinski definition) is 1. The summed E-state index contributed by atoms with van der Waals surface area (Å²) in [5.41, 5.74) is 1.58. The predicted octanol–water partition coefficient (Wildman–Crippen LogP) is 1.68. The van der Waals surface area contributed by atoms with Gasteiger partial charge in [0, 0.05) is 38.9 Å². The minimum Gasteiger partial charge on any atom is -0.383 e. The summed E-state index contributed by atoms with van der Waals surface area (Å²) in [6.07, 6.45) is 4.45. The molecule has 2 rings (SSSR count). The summed E-state index contributed by atoms with van der Waals surface area (Å²) in [5, 5.41) is 3.28. The molecule has 0 unspecified atom stereocenters. The molecule has 0 aliphatic carbocycles. The molecule has 0 radical (unpaired) electrons. The third kappa shape index (κ3) is 3.48. The first-order chi connectivity index (χ1) is 9.76. The van der Waals surface area contributed by atoms with E-state index in [1.54, 1.807) is 12.4 Å². The molecule has 1 saturated heterocycles. The van der Waals surface area contributed by atoms with E-state index in [1.807, 2.05) is 11.0 Å². The zero-order valence-corrected chi connectivity index (χ0v) is 12.4. The van der Waals surface area contributed by atoms with Gasteiger partial charge in [-0.3, -0.25) is 9.78 Å². The van der Waals surface area contributed by atoms with Crippen LogP contribution < -0.4 is 5.32 Å². The molecular formula is C15H24N4O. The van der Waals surface area contributed by atoms with Crippen molar-refractivity contribution in [1.82, 2.24) is 14.8 Å². The maximum atomic E-state index is 12.6. The van der Waals surface area contributed by atoms with Gasteiger partial charge in [0.25, 0.3) is 5.91 Å². The topological polar surface area (TPSA) is 48.5 Å². The molecule has 0 bridgehead atoms. The molecule has 1 amide bonds. The molecule has 1 N–H and O–H groups in total. The lowest BCUT2D eigenvalue weighted by Crippen LogP contribution is -2.48. The van der Waals surface area contributed by atoms with Gasteiger partial charge in [0.2, 0.25) is 0 Å². The summed E-state index contributed by atoms with van der Waals surface area (Å²) >= 11 is 0. The van der Waals surface area contributed by atoms with Crippen LogP contribution in [0.4, 0.5) is 5.69 Å². The fraction of sp³-hybridized carbons (Fsp3) is 0.600. The molecule has 110 valence electrons. The van der Waals surface area contributed by atoms with Gasteiger partial charge in [-0.15, -0.1) is 0 Å². The first kappa shape index (κ1) is 14.8. The van der Waals surface area contributed by atoms with Crippen molar-refractivity contribution in [3.63, 3.8) is 0 Å². The quantitative estimate of drug-likeness (QED) is 0.889. The molecular weight excluding hydrogens is 252 g/mol. The highest BCUT2D eigenvalue weighted by Crippen LogP contribution is 2.17. The van der Waals surface area contributed by atoms with E-state index >= 15 is 0 Å². The minimum atomic E-state index is 0.113. The van der Waals surface area contributed by atoms with Crippen LogP contribution >= 0.6 is 0 Å². The summed E-state index contributed by atoms with van der Waals surface area (Å²) in [4.78, 5) is 21.0. The molecule has 1 aliphatic heterocycles. The average Bonchev–Trinajstić information content (AvgIpc) is 2.52. The third-order valence-corrected chi connectivity index (χ3v) is 3.72. The van der Waals surface area contributed by atoms with E-state index in [0.29, 0.717) is 0 Å². The van der Waals surface area contributed by atoms with Crippen LogP contribution in [0.1, 0.15) is 30.6 Å². The van der Waals surface area contributed by atoms with Crippen LogP contribution in [0.2, 0.25) is 0 Å². The number of carbonyl (C=O) groups is 1. The zero-order chi connectivity index (χ0) is 14.4. The molecule has 0 aromatic carbocycles. The first-order valence-electron chi connectivity index (χ1n) is 7.45. The number of likely N-dealkylation sites (N-methyl/N-ethyl adjacent to an activating group) is 1. The Morgan fingerprint density at radius 1 is 1.30 bits per heavy atom. The predicted molar refractivity (Wildman–Crippen MR) is 81.0 cm³/mol. The van der Waals surface area contributed by atoms with Gasteiger partial charge in [0.05, 0.1) is 17.4 Å². The van der Waals surface area contributed by atoms with Crippen molar-refractivity contribution in [2.24, 2.45) is 0 Å². The van der Waals surface area contributed by atoms with E-state index in [9.17, 15) is 4.79 Å². The van der Waals surface area contributed by atoms with Crippen molar-refractivity contribution in [3.05, 3.63) is 24.0 Å². The monoisotopic (exact) mass is 276 g/mol. The Morgan fingerprint density at radius 2 is 2.05 bits per heavy atom. The van der Waals surface area contributed by atoms with Crippen molar-refractivity contribution in [3.8, 4) is 0 Å². The van der Waals surface area contributed by atoms with Gasteiger partial charge >= 0.3 is 0 Å². The number of anilines is 1. The maximum absolute atomic E-state index is 12.6. The van der Waals surface area contributed by atoms with Gasteiger partial charge in [0.1, 0.15) is 0 Å². The normalized spacial score (nSPS) is 16.2. The number of nitrogens with one attached hydrogen (secondary N) is 1. The SMILES string of the molecule is CCCNc1cnccc1C(=O)N1CCN(CC)CC1. The Bertz CT molecular complexity index is 441. The summed E-state index contributed by atoms with van der Waals surface area (Å²) in [6, 6.07) is 1.81. The second-order valence-electron chi connectivity index (χ2n) is 5.07. The highest BCUT2D eigenvalue weighted by Gasteiger charge is 2.23. The molecule has 5 nitrogen and oxygen atoms in total. The Hall–Kier alpha value is -1.62. The fourth-order valence-corrected chi connectivity index (χ4v) is 2.42. The van der Waals surface area contributed by atoms with Crippen LogP contribution in [-0.4, -0.2) is 60.0 Å². The summed E-state index contributed by atoms with van der Waals surface area (Å²) in [5.74, 6) is 0.113. The Labute approximate surface area is 121 Å². The fourth-order valence-electron chi connectivity index (χ4n) is 2.42. The van der Waals surface area contributed by atoms with Crippen molar-refractivity contribution >= 4 is 11.6 Å². The van der Waals surface area contributed by atoms with Gasteiger partial charge in [-0.1, -0.05) is 13.8 Å². The van der Waals surface area contributed by atoms with Crippen molar-refractivity contribution in [2.45, 2.75) is 20.3 Å². The third-order valence-electron chi connectivity index (χ3n) is 3.72. The van der Waals surface area contributed by atoms with Gasteiger partial charge in [-0.25, -0.2) is 0 Å². The van der Waals surface area contributed by atoms with E-state index in [-0.39, 0.29) is 5.91 Å². The van der Waals surface area contributed by atoms with Crippen molar-refractivity contribution in [1.29, 1.82) is 0 Å². The highest BCUT2D eigenvalue weighted by atomic mass is 16.2. The van der Waals surface area contributed by atoms with Crippen LogP contribution in [0.5, 0.6) is 0 Å². The number of piperazine rings is 1. The smallest absolute Gasteiger partial charge is 0.256 e. The molecule has 5 heteroatoms. The van der Waals surface area contributed by atoms with Crippen LogP contribution in [0.15, 0.2) is 18.5 Å². The summed E-state index contributed by atoms with van der Waals surface area (Å²) in [6.45, 7) is 9.72. The van der Waals surface area contributed by atoms with Crippen molar-refractivity contribution < 1.29 is 4.79 Å². The highest BCUT2D eigenvalue weighted by molar-refractivity contribution is 5.99. The van der Waals surface area contributed by atoms with Gasteiger partial charge in [0.15, 0.2) is 0 Å². The Balaban J connectivity index is 2.05. The molecule has 0 saturated carbocycles. The number of hydrogen-bond acceptors (Lipinski definition) is 4. The Kier molecular flexibility index (Phi) is 5.35. The van der Waals surface area contributed by atoms with Crippen LogP contribution in [0.25, 0.3) is 0 Å². The number of pyridine rings is 1. The molecule has 0 atom stereocenters. The lowest BCUT2D eigenvalue weighted by atomic mass is 10.1. The second-order valence-corrected chi connectivity index (χ2v) is 5.07. The molecule has 1 aromatic rings. The number of rotatable bonds is 5. The number of aromatic nitrogens is 1. The van der Waals surface area contributed by atoms with Crippen molar-refractivity contribution in [2.75, 3.05) is 44.6 Å². The van der Waals surface area contributed by atoms with Crippen LogP contribution in [-0.2, 0) is 0 Å². The second kappa shape index (κ2) is 7.24. The van der Waals surface area contributed by atoms with Gasteiger partial charge < -0.3 is 15.1 Å². The standard InChI is InChI=1S/C15H24N4O/c1-3-6-17-14-12-16-7-5-13(14)15(20)19-10-8-18(4-2)9-11-19/h5,7,12,17H,3-4,6,8-11H2,1-2H3. The van der Waals surface area contributed by atoms with E-state index < -0.39 is 0 Å². The number of nitrogens with zero attached hydrogens (tertiary/aromatic N) is 3. The molecule has 1 fully saturated rings. The molecule has 1 aromatic heterocycles. The number of amides is 1. The minimum absolute atomic E-state index is 0.113. The van der Waals surface area contributed by atoms with Gasteiger partial charge in [-0.2, -0.15) is 0 Å². The van der Waals surface area contributed by atoms with E-state index in [2.05, 4.69) is 29.0 Å².